The normalized spacial score (nSPS) is 8.14. The van der Waals surface area contributed by atoms with Gasteiger partial charge in [-0.2, -0.15) is 0 Å². The Morgan fingerprint density at radius 2 is 0.897 bits per heavy atom. The van der Waals surface area contributed by atoms with E-state index >= 15 is 0 Å². The zero-order chi connectivity index (χ0) is 23.1. The molecule has 0 unspecified atom stereocenters. The van der Waals surface area contributed by atoms with E-state index in [0.717, 1.165) is 38.5 Å². The summed E-state index contributed by atoms with van der Waals surface area (Å²) in [7, 11) is 0. The van der Waals surface area contributed by atoms with Gasteiger partial charge in [-0.15, -0.1) is 0 Å². The van der Waals surface area contributed by atoms with Gasteiger partial charge in [-0.05, 0) is 39.5 Å². The number of unbranched alkanes of at least 4 members (excludes halogenated alkanes) is 4. The molecule has 0 fully saturated rings. The minimum atomic E-state index is -0.935. The molecular formula is C20H34CuO8. The summed E-state index contributed by atoms with van der Waals surface area (Å²) >= 11 is 0. The fourth-order valence-electron chi connectivity index (χ4n) is 1.04. The van der Waals surface area contributed by atoms with Crippen molar-refractivity contribution in [3.63, 3.8) is 0 Å². The SMILES string of the molecule is C=C(C)C(=O)O.C=C(C)C(=O)O.CCCCCC(=O)[O-].CCCCCC(=O)[O-].[Cu+2]. The number of carboxylic acids is 4. The molecule has 8 nitrogen and oxygen atoms in total. The van der Waals surface area contributed by atoms with Crippen LogP contribution in [-0.4, -0.2) is 34.1 Å². The van der Waals surface area contributed by atoms with E-state index in [4.69, 9.17) is 10.2 Å². The first-order chi connectivity index (χ1) is 12.8. The number of hydrogen-bond acceptors (Lipinski definition) is 6. The number of hydrogen-bond donors (Lipinski definition) is 2. The smallest absolute Gasteiger partial charge is 0.550 e. The third-order valence-corrected chi connectivity index (χ3v) is 2.70. The molecule has 0 saturated carbocycles. The average molecular weight is 466 g/mol. The molecule has 0 aromatic carbocycles. The van der Waals surface area contributed by atoms with Gasteiger partial charge in [0.2, 0.25) is 0 Å². The third kappa shape index (κ3) is 58.5. The van der Waals surface area contributed by atoms with Crippen LogP contribution in [-0.2, 0) is 36.2 Å². The summed E-state index contributed by atoms with van der Waals surface area (Å²) in [6.45, 7) is 13.3. The summed E-state index contributed by atoms with van der Waals surface area (Å²) in [6, 6.07) is 0. The van der Waals surface area contributed by atoms with Crippen LogP contribution in [0.1, 0.15) is 79.1 Å². The van der Waals surface area contributed by atoms with Gasteiger partial charge >= 0.3 is 29.0 Å². The standard InChI is InChI=1S/2C6H12O2.2C4H6O2.Cu/c2*1-2-3-4-5-6(7)8;2*1-3(2)4(5)6;/h2*2-5H2,1H3,(H,7,8);2*1H2,2H3,(H,5,6);/q;;;;+2/p-2. The van der Waals surface area contributed by atoms with Crippen molar-refractivity contribution in [1.29, 1.82) is 0 Å². The van der Waals surface area contributed by atoms with Gasteiger partial charge in [-0.3, -0.25) is 0 Å². The van der Waals surface area contributed by atoms with Crippen molar-refractivity contribution >= 4 is 23.9 Å². The second-order valence-electron chi connectivity index (χ2n) is 5.83. The van der Waals surface area contributed by atoms with Gasteiger partial charge in [0.15, 0.2) is 0 Å². The quantitative estimate of drug-likeness (QED) is 0.281. The Kier molecular flexibility index (Phi) is 36.4. The van der Waals surface area contributed by atoms with Crippen LogP contribution in [0.5, 0.6) is 0 Å². The molecule has 0 aromatic rings. The molecule has 0 aliphatic rings. The molecule has 0 rings (SSSR count). The van der Waals surface area contributed by atoms with Gasteiger partial charge < -0.3 is 30.0 Å². The second kappa shape index (κ2) is 28.1. The van der Waals surface area contributed by atoms with E-state index in [1.807, 2.05) is 13.8 Å². The number of carbonyl (C=O) groups is 4. The van der Waals surface area contributed by atoms with E-state index in [-0.39, 0.29) is 41.1 Å². The van der Waals surface area contributed by atoms with Crippen molar-refractivity contribution in [3.05, 3.63) is 24.3 Å². The Labute approximate surface area is 184 Å². The van der Waals surface area contributed by atoms with Crippen molar-refractivity contribution in [1.82, 2.24) is 0 Å². The van der Waals surface area contributed by atoms with E-state index in [1.54, 1.807) is 0 Å². The van der Waals surface area contributed by atoms with Crippen LogP contribution in [0, 0.1) is 0 Å². The molecular weight excluding hydrogens is 432 g/mol. The molecule has 2 N–H and O–H groups in total. The summed E-state index contributed by atoms with van der Waals surface area (Å²) < 4.78 is 0. The molecule has 0 aliphatic carbocycles. The Morgan fingerprint density at radius 3 is 1.00 bits per heavy atom. The van der Waals surface area contributed by atoms with Crippen LogP contribution in [0.4, 0.5) is 0 Å². The van der Waals surface area contributed by atoms with Crippen molar-refractivity contribution < 1.29 is 56.7 Å². The summed E-state index contributed by atoms with van der Waals surface area (Å²) in [6.07, 6.45) is 6.07. The van der Waals surface area contributed by atoms with E-state index in [1.165, 1.54) is 13.8 Å². The molecule has 0 spiro atoms. The van der Waals surface area contributed by atoms with Crippen molar-refractivity contribution in [3.8, 4) is 0 Å². The molecule has 29 heavy (non-hydrogen) atoms. The summed E-state index contributed by atoms with van der Waals surface area (Å²) in [5.41, 5.74) is 0.352. The predicted octanol–water partition coefficient (Wildman–Crippen LogP) is 1.92. The first kappa shape index (κ1) is 37.6. The average Bonchev–Trinajstić information content (AvgIpc) is 2.56. The van der Waals surface area contributed by atoms with Crippen LogP contribution < -0.4 is 10.2 Å². The Morgan fingerprint density at radius 1 is 0.690 bits per heavy atom. The molecule has 0 saturated heterocycles. The first-order valence-electron chi connectivity index (χ1n) is 9.00. The maximum atomic E-state index is 9.76. The largest absolute Gasteiger partial charge is 2.00 e. The van der Waals surface area contributed by atoms with Gasteiger partial charge in [-0.1, -0.05) is 52.7 Å². The van der Waals surface area contributed by atoms with Crippen LogP contribution >= 0.6 is 0 Å². The molecule has 0 bridgehead atoms. The Balaban J connectivity index is -0.0000000881. The number of aliphatic carboxylic acids is 4. The van der Waals surface area contributed by atoms with Crippen molar-refractivity contribution in [2.75, 3.05) is 0 Å². The van der Waals surface area contributed by atoms with Gasteiger partial charge in [0.05, 0.1) is 0 Å². The number of carbonyl (C=O) groups excluding carboxylic acids is 2. The van der Waals surface area contributed by atoms with E-state index in [2.05, 4.69) is 13.2 Å². The zero-order valence-electron chi connectivity index (χ0n) is 17.7. The maximum Gasteiger partial charge on any atom is 2.00 e. The van der Waals surface area contributed by atoms with Crippen molar-refractivity contribution in [2.24, 2.45) is 0 Å². The molecule has 0 aromatic heterocycles. The van der Waals surface area contributed by atoms with Gasteiger partial charge in [-0.25, -0.2) is 9.59 Å². The zero-order valence-corrected chi connectivity index (χ0v) is 18.7. The first-order valence-corrected chi connectivity index (χ1v) is 9.00. The molecule has 0 aliphatic heterocycles. The number of carboxylic acid groups (broad SMARTS) is 4. The predicted molar refractivity (Wildman–Crippen MR) is 103 cm³/mol. The maximum absolute atomic E-state index is 9.76. The third-order valence-electron chi connectivity index (χ3n) is 2.70. The molecule has 0 amide bonds. The molecule has 9 heteroatoms. The van der Waals surface area contributed by atoms with Gasteiger partial charge in [0, 0.05) is 23.1 Å². The molecule has 0 atom stereocenters. The fourth-order valence-corrected chi connectivity index (χ4v) is 1.04. The van der Waals surface area contributed by atoms with Crippen LogP contribution in [0.25, 0.3) is 0 Å². The van der Waals surface area contributed by atoms with E-state index in [0.29, 0.717) is 0 Å². The number of rotatable bonds is 10. The summed E-state index contributed by atoms with van der Waals surface area (Å²) in [5, 5.41) is 35.3. The summed E-state index contributed by atoms with van der Waals surface area (Å²) in [5.74, 6) is -3.73. The molecule has 0 heterocycles. The molecule has 173 valence electrons. The Hall–Kier alpha value is -2.12. The monoisotopic (exact) mass is 465 g/mol. The fraction of sp³-hybridized carbons (Fsp3) is 0.600. The second-order valence-corrected chi connectivity index (χ2v) is 5.83. The van der Waals surface area contributed by atoms with Crippen LogP contribution in [0.3, 0.4) is 0 Å². The van der Waals surface area contributed by atoms with Gasteiger partial charge in [0.25, 0.3) is 0 Å². The summed E-state index contributed by atoms with van der Waals surface area (Å²) in [4.78, 5) is 38.7. The minimum Gasteiger partial charge on any atom is -0.550 e. The Bertz CT molecular complexity index is 419. The van der Waals surface area contributed by atoms with Crippen LogP contribution in [0.2, 0.25) is 0 Å². The topological polar surface area (TPSA) is 155 Å². The minimum absolute atomic E-state index is 0. The van der Waals surface area contributed by atoms with E-state index < -0.39 is 23.9 Å². The van der Waals surface area contributed by atoms with E-state index in [9.17, 15) is 29.4 Å². The van der Waals surface area contributed by atoms with Crippen LogP contribution in [0.15, 0.2) is 24.3 Å². The van der Waals surface area contributed by atoms with Gasteiger partial charge in [0.1, 0.15) is 0 Å². The van der Waals surface area contributed by atoms with Crippen molar-refractivity contribution in [2.45, 2.75) is 79.1 Å². The molecule has 1 radical (unpaired) electrons.